The molecule has 1 aromatic rings. The zero-order valence-corrected chi connectivity index (χ0v) is 13.7. The molecule has 1 aliphatic rings. The van der Waals surface area contributed by atoms with E-state index in [1.807, 2.05) is 24.0 Å². The quantitative estimate of drug-likeness (QED) is 0.746. The fourth-order valence-corrected chi connectivity index (χ4v) is 2.88. The average Bonchev–Trinajstić information content (AvgIpc) is 2.58. The van der Waals surface area contributed by atoms with E-state index in [0.29, 0.717) is 31.6 Å². The third-order valence-electron chi connectivity index (χ3n) is 4.17. The van der Waals surface area contributed by atoms with Gasteiger partial charge in [0.15, 0.2) is 5.78 Å². The number of aliphatic carboxylic acids is 1. The summed E-state index contributed by atoms with van der Waals surface area (Å²) in [7, 11) is 0. The van der Waals surface area contributed by atoms with Crippen LogP contribution in [0.25, 0.3) is 0 Å². The zero-order valence-electron chi connectivity index (χ0n) is 13.7. The smallest absolute Gasteiger partial charge is 0.320 e. The molecule has 0 aliphatic carbocycles. The van der Waals surface area contributed by atoms with E-state index in [9.17, 15) is 14.7 Å². The second kappa shape index (κ2) is 8.67. The molecule has 1 aromatic carbocycles. The first kappa shape index (κ1) is 17.5. The van der Waals surface area contributed by atoms with Crippen LogP contribution < -0.4 is 4.74 Å². The minimum absolute atomic E-state index is 0.0433. The number of ketones is 1. The fourth-order valence-electron chi connectivity index (χ4n) is 2.88. The van der Waals surface area contributed by atoms with Crippen molar-refractivity contribution in [1.82, 2.24) is 4.90 Å². The van der Waals surface area contributed by atoms with E-state index in [1.54, 1.807) is 12.1 Å². The molecule has 2 rings (SSSR count). The SMILES string of the molecule is CCCOc1ccc(C(=O)CCN2CCCCC2C(=O)O)cc1. The minimum atomic E-state index is -0.783. The summed E-state index contributed by atoms with van der Waals surface area (Å²) in [5.41, 5.74) is 0.651. The van der Waals surface area contributed by atoms with Gasteiger partial charge in [-0.05, 0) is 50.1 Å². The second-order valence-electron chi connectivity index (χ2n) is 5.93. The van der Waals surface area contributed by atoms with Crippen molar-refractivity contribution in [2.75, 3.05) is 19.7 Å². The van der Waals surface area contributed by atoms with E-state index >= 15 is 0 Å². The highest BCUT2D eigenvalue weighted by molar-refractivity contribution is 5.96. The molecule has 1 atom stereocenters. The lowest BCUT2D eigenvalue weighted by Crippen LogP contribution is -2.45. The van der Waals surface area contributed by atoms with Crippen molar-refractivity contribution in [2.24, 2.45) is 0 Å². The molecule has 0 aromatic heterocycles. The molecule has 0 bridgehead atoms. The number of Topliss-reactive ketones (excluding diaryl/α,β-unsaturated/α-hetero) is 1. The summed E-state index contributed by atoms with van der Waals surface area (Å²) in [6, 6.07) is 6.73. The summed E-state index contributed by atoms with van der Waals surface area (Å²) >= 11 is 0. The number of carboxylic acid groups (broad SMARTS) is 1. The summed E-state index contributed by atoms with van der Waals surface area (Å²) in [6.07, 6.45) is 3.91. The van der Waals surface area contributed by atoms with Crippen LogP contribution in [0.3, 0.4) is 0 Å². The third-order valence-corrected chi connectivity index (χ3v) is 4.17. The summed E-state index contributed by atoms with van der Waals surface area (Å²) in [4.78, 5) is 25.5. The van der Waals surface area contributed by atoms with Gasteiger partial charge in [0.1, 0.15) is 11.8 Å². The Bertz CT molecular complexity index is 526. The van der Waals surface area contributed by atoms with Crippen molar-refractivity contribution in [3.05, 3.63) is 29.8 Å². The molecule has 1 aliphatic heterocycles. The third kappa shape index (κ3) is 5.06. The van der Waals surface area contributed by atoms with E-state index in [4.69, 9.17) is 4.74 Å². The van der Waals surface area contributed by atoms with E-state index in [2.05, 4.69) is 0 Å². The van der Waals surface area contributed by atoms with Crippen LogP contribution in [0.4, 0.5) is 0 Å². The largest absolute Gasteiger partial charge is 0.494 e. The molecule has 1 unspecified atom stereocenters. The number of hydrogen-bond donors (Lipinski definition) is 1. The van der Waals surface area contributed by atoms with Gasteiger partial charge in [-0.25, -0.2) is 0 Å². The van der Waals surface area contributed by atoms with Gasteiger partial charge in [0, 0.05) is 18.5 Å². The van der Waals surface area contributed by atoms with Crippen molar-refractivity contribution in [3.8, 4) is 5.75 Å². The maximum Gasteiger partial charge on any atom is 0.320 e. The topological polar surface area (TPSA) is 66.8 Å². The van der Waals surface area contributed by atoms with Crippen molar-refractivity contribution in [2.45, 2.75) is 45.1 Å². The number of piperidine rings is 1. The fraction of sp³-hybridized carbons (Fsp3) is 0.556. The van der Waals surface area contributed by atoms with Crippen LogP contribution in [0.5, 0.6) is 5.75 Å². The minimum Gasteiger partial charge on any atom is -0.494 e. The standard InChI is InChI=1S/C18H25NO4/c1-2-13-23-15-8-6-14(7-9-15)17(20)10-12-19-11-4-3-5-16(19)18(21)22/h6-9,16H,2-5,10-13H2,1H3,(H,21,22). The van der Waals surface area contributed by atoms with E-state index < -0.39 is 12.0 Å². The van der Waals surface area contributed by atoms with Crippen LogP contribution in [-0.4, -0.2) is 47.5 Å². The van der Waals surface area contributed by atoms with Crippen molar-refractivity contribution in [1.29, 1.82) is 0 Å². The van der Waals surface area contributed by atoms with Crippen molar-refractivity contribution < 1.29 is 19.4 Å². The molecular formula is C18H25NO4. The number of rotatable bonds is 8. The maximum atomic E-state index is 12.3. The molecular weight excluding hydrogens is 294 g/mol. The first-order valence-electron chi connectivity index (χ1n) is 8.34. The lowest BCUT2D eigenvalue weighted by atomic mass is 10.0. The first-order chi connectivity index (χ1) is 11.1. The van der Waals surface area contributed by atoms with Gasteiger partial charge in [0.2, 0.25) is 0 Å². The highest BCUT2D eigenvalue weighted by Crippen LogP contribution is 2.19. The summed E-state index contributed by atoms with van der Waals surface area (Å²) < 4.78 is 5.50. The molecule has 5 nitrogen and oxygen atoms in total. The Morgan fingerprint density at radius 2 is 2.00 bits per heavy atom. The van der Waals surface area contributed by atoms with Crippen LogP contribution in [0.1, 0.15) is 49.4 Å². The summed E-state index contributed by atoms with van der Waals surface area (Å²) in [5, 5.41) is 9.25. The molecule has 0 amide bonds. The number of carboxylic acids is 1. The first-order valence-corrected chi connectivity index (χ1v) is 8.34. The molecule has 1 heterocycles. The molecule has 1 N–H and O–H groups in total. The Labute approximate surface area is 137 Å². The number of hydrogen-bond acceptors (Lipinski definition) is 4. The van der Waals surface area contributed by atoms with Crippen molar-refractivity contribution >= 4 is 11.8 Å². The van der Waals surface area contributed by atoms with Crippen LogP contribution in [-0.2, 0) is 4.79 Å². The molecule has 126 valence electrons. The Kier molecular flexibility index (Phi) is 6.59. The van der Waals surface area contributed by atoms with Crippen LogP contribution in [0, 0.1) is 0 Å². The lowest BCUT2D eigenvalue weighted by Gasteiger charge is -2.32. The number of benzene rings is 1. The number of ether oxygens (including phenoxy) is 1. The average molecular weight is 319 g/mol. The molecule has 1 saturated heterocycles. The summed E-state index contributed by atoms with van der Waals surface area (Å²) in [6.45, 7) is 3.97. The molecule has 0 spiro atoms. The van der Waals surface area contributed by atoms with Gasteiger partial charge >= 0.3 is 5.97 Å². The molecule has 1 fully saturated rings. The van der Waals surface area contributed by atoms with Crippen LogP contribution in [0.2, 0.25) is 0 Å². The van der Waals surface area contributed by atoms with Gasteiger partial charge in [0.25, 0.3) is 0 Å². The van der Waals surface area contributed by atoms with E-state index in [0.717, 1.165) is 31.6 Å². The van der Waals surface area contributed by atoms with Gasteiger partial charge < -0.3 is 9.84 Å². The highest BCUT2D eigenvalue weighted by Gasteiger charge is 2.28. The Morgan fingerprint density at radius 3 is 2.65 bits per heavy atom. The lowest BCUT2D eigenvalue weighted by molar-refractivity contribution is -0.144. The Morgan fingerprint density at radius 1 is 1.26 bits per heavy atom. The van der Waals surface area contributed by atoms with Gasteiger partial charge in [-0.1, -0.05) is 13.3 Å². The molecule has 23 heavy (non-hydrogen) atoms. The second-order valence-corrected chi connectivity index (χ2v) is 5.93. The number of carbonyl (C=O) groups is 2. The predicted molar refractivity (Wildman–Crippen MR) is 88.0 cm³/mol. The maximum absolute atomic E-state index is 12.3. The Balaban J connectivity index is 1.87. The monoisotopic (exact) mass is 319 g/mol. The number of nitrogens with zero attached hydrogens (tertiary/aromatic N) is 1. The van der Waals surface area contributed by atoms with Crippen molar-refractivity contribution in [3.63, 3.8) is 0 Å². The number of carbonyl (C=O) groups excluding carboxylic acids is 1. The van der Waals surface area contributed by atoms with Gasteiger partial charge in [0.05, 0.1) is 6.61 Å². The molecule has 0 radical (unpaired) electrons. The van der Waals surface area contributed by atoms with E-state index in [-0.39, 0.29) is 5.78 Å². The highest BCUT2D eigenvalue weighted by atomic mass is 16.5. The zero-order chi connectivity index (χ0) is 16.7. The predicted octanol–water partition coefficient (Wildman–Crippen LogP) is 2.99. The van der Waals surface area contributed by atoms with Gasteiger partial charge in [-0.15, -0.1) is 0 Å². The van der Waals surface area contributed by atoms with Gasteiger partial charge in [-0.2, -0.15) is 0 Å². The summed E-state index contributed by atoms with van der Waals surface area (Å²) in [5.74, 6) is 0.0294. The van der Waals surface area contributed by atoms with Crippen LogP contribution >= 0.6 is 0 Å². The molecule has 0 saturated carbocycles. The van der Waals surface area contributed by atoms with Crippen LogP contribution in [0.15, 0.2) is 24.3 Å². The molecule has 5 heteroatoms. The number of likely N-dealkylation sites (tertiary alicyclic amines) is 1. The van der Waals surface area contributed by atoms with Gasteiger partial charge in [-0.3, -0.25) is 14.5 Å². The Hall–Kier alpha value is -1.88. The normalized spacial score (nSPS) is 18.6. The van der Waals surface area contributed by atoms with E-state index in [1.165, 1.54) is 0 Å².